The number of halogens is 2. The lowest BCUT2D eigenvalue weighted by atomic mass is 10.0. The monoisotopic (exact) mass is 414 g/mol. The van der Waals surface area contributed by atoms with Gasteiger partial charge in [-0.2, -0.15) is 0 Å². The molecule has 1 aliphatic heterocycles. The number of nitrogens with zero attached hydrogens (tertiary/aromatic N) is 2. The highest BCUT2D eigenvalue weighted by atomic mass is 79.9. The van der Waals surface area contributed by atoms with Crippen LogP contribution in [0.3, 0.4) is 0 Å². The van der Waals surface area contributed by atoms with Crippen molar-refractivity contribution in [2.24, 2.45) is 0 Å². The molecule has 0 saturated carbocycles. The number of carbonyl (C=O) groups is 1. The summed E-state index contributed by atoms with van der Waals surface area (Å²) in [6.45, 7) is 1.63. The second-order valence-electron chi connectivity index (χ2n) is 6.23. The molecule has 0 atom stereocenters. The summed E-state index contributed by atoms with van der Waals surface area (Å²) in [5, 5.41) is 1.42. The molecule has 1 aliphatic rings. The second-order valence-corrected chi connectivity index (χ2v) is 7.58. The molecule has 0 bridgehead atoms. The molecule has 0 unspecified atom stereocenters. The molecule has 2 heterocycles. The number of rotatable bonds is 2. The first-order valence-corrected chi connectivity index (χ1v) is 9.44. The lowest BCUT2D eigenvalue weighted by molar-refractivity contribution is 0.0794. The van der Waals surface area contributed by atoms with Crippen molar-refractivity contribution in [1.29, 1.82) is 0 Å². The van der Waals surface area contributed by atoms with Crippen LogP contribution in [0.1, 0.15) is 23.2 Å². The molecule has 0 spiro atoms. The minimum atomic E-state index is 0.0587. The fraction of sp³-hybridized carbons (Fsp3) is 0.200. The lowest BCUT2D eigenvalue weighted by Crippen LogP contribution is -2.27. The first-order chi connectivity index (χ1) is 12.1. The molecule has 0 N–H and O–H groups in total. The zero-order valence-electron chi connectivity index (χ0n) is 13.5. The summed E-state index contributed by atoms with van der Waals surface area (Å²) in [5.41, 5.74) is 3.22. The van der Waals surface area contributed by atoms with Crippen molar-refractivity contribution in [1.82, 2.24) is 9.88 Å². The number of likely N-dealkylation sites (tertiary alicyclic amines) is 1. The quantitative estimate of drug-likeness (QED) is 0.549. The predicted octanol–water partition coefficient (Wildman–Crippen LogP) is 5.55. The molecule has 5 heteroatoms. The van der Waals surface area contributed by atoms with Gasteiger partial charge in [0.25, 0.3) is 5.91 Å². The number of amides is 1. The first-order valence-electron chi connectivity index (χ1n) is 8.27. The molecule has 126 valence electrons. The van der Waals surface area contributed by atoms with Gasteiger partial charge in [-0.15, -0.1) is 0 Å². The minimum absolute atomic E-state index is 0.0587. The van der Waals surface area contributed by atoms with E-state index in [-0.39, 0.29) is 5.91 Å². The third kappa shape index (κ3) is 3.29. The molecule has 1 fully saturated rings. The first kappa shape index (κ1) is 16.6. The highest BCUT2D eigenvalue weighted by molar-refractivity contribution is 9.10. The van der Waals surface area contributed by atoms with Crippen LogP contribution in [0.5, 0.6) is 0 Å². The molecule has 2 aromatic carbocycles. The van der Waals surface area contributed by atoms with E-state index in [9.17, 15) is 4.79 Å². The van der Waals surface area contributed by atoms with E-state index in [2.05, 4.69) is 15.9 Å². The predicted molar refractivity (Wildman–Crippen MR) is 105 cm³/mol. The number of fused-ring (bicyclic) bond motifs is 1. The zero-order chi connectivity index (χ0) is 17.4. The largest absolute Gasteiger partial charge is 0.339 e. The Morgan fingerprint density at radius 1 is 1.08 bits per heavy atom. The van der Waals surface area contributed by atoms with Crippen LogP contribution in [0.4, 0.5) is 0 Å². The molecule has 4 rings (SSSR count). The van der Waals surface area contributed by atoms with E-state index in [4.69, 9.17) is 16.6 Å². The van der Waals surface area contributed by atoms with Gasteiger partial charge < -0.3 is 4.90 Å². The Labute approximate surface area is 159 Å². The van der Waals surface area contributed by atoms with Crippen LogP contribution >= 0.6 is 27.5 Å². The van der Waals surface area contributed by atoms with Crippen LogP contribution in [0.15, 0.2) is 53.0 Å². The van der Waals surface area contributed by atoms with Gasteiger partial charge in [-0.3, -0.25) is 4.79 Å². The zero-order valence-corrected chi connectivity index (χ0v) is 15.8. The maximum Gasteiger partial charge on any atom is 0.254 e. The van der Waals surface area contributed by atoms with E-state index < -0.39 is 0 Å². The Morgan fingerprint density at radius 3 is 2.64 bits per heavy atom. The number of hydrogen-bond acceptors (Lipinski definition) is 2. The van der Waals surface area contributed by atoms with Crippen molar-refractivity contribution >= 4 is 44.3 Å². The van der Waals surface area contributed by atoms with Crippen LogP contribution in [-0.4, -0.2) is 28.9 Å². The Hall–Kier alpha value is -1.91. The fourth-order valence-corrected chi connectivity index (χ4v) is 3.83. The van der Waals surface area contributed by atoms with Crippen LogP contribution in [-0.2, 0) is 0 Å². The minimum Gasteiger partial charge on any atom is -0.339 e. The van der Waals surface area contributed by atoms with Crippen molar-refractivity contribution in [2.75, 3.05) is 13.1 Å². The van der Waals surface area contributed by atoms with Gasteiger partial charge in [-0.1, -0.05) is 39.7 Å². The van der Waals surface area contributed by atoms with Gasteiger partial charge >= 0.3 is 0 Å². The number of carbonyl (C=O) groups excluding carboxylic acids is 1. The van der Waals surface area contributed by atoms with Crippen molar-refractivity contribution < 1.29 is 4.79 Å². The Kier molecular flexibility index (Phi) is 4.48. The average molecular weight is 416 g/mol. The summed E-state index contributed by atoms with van der Waals surface area (Å²) < 4.78 is 0.982. The highest BCUT2D eigenvalue weighted by Gasteiger charge is 2.22. The summed E-state index contributed by atoms with van der Waals surface area (Å²) >= 11 is 9.67. The molecule has 0 aliphatic carbocycles. The molecule has 0 radical (unpaired) electrons. The van der Waals surface area contributed by atoms with Crippen LogP contribution in [0.2, 0.25) is 5.02 Å². The van der Waals surface area contributed by atoms with Gasteiger partial charge in [0, 0.05) is 33.5 Å². The normalized spacial score (nSPS) is 14.2. The maximum absolute atomic E-state index is 13.1. The van der Waals surface area contributed by atoms with Gasteiger partial charge in [-0.05, 0) is 49.2 Å². The molecular weight excluding hydrogens is 400 g/mol. The van der Waals surface area contributed by atoms with E-state index in [0.29, 0.717) is 10.6 Å². The Bertz CT molecular complexity index is 967. The molecule has 1 saturated heterocycles. The van der Waals surface area contributed by atoms with Gasteiger partial charge in [0.2, 0.25) is 0 Å². The molecule has 1 amide bonds. The number of aromatic nitrogens is 1. The standard InChI is InChI=1S/C20H16BrClN2O/c21-14-5-3-4-13(10-14)19-12-17(20(25)24-8-1-2-9-24)16-11-15(22)6-7-18(16)23-19/h3-7,10-12H,1-2,8-9H2. The molecular formula is C20H16BrClN2O. The highest BCUT2D eigenvalue weighted by Crippen LogP contribution is 2.29. The summed E-state index contributed by atoms with van der Waals surface area (Å²) in [6, 6.07) is 15.4. The van der Waals surface area contributed by atoms with Crippen LogP contribution in [0, 0.1) is 0 Å². The average Bonchev–Trinajstić information content (AvgIpc) is 3.15. The van der Waals surface area contributed by atoms with Crippen molar-refractivity contribution in [3.8, 4) is 11.3 Å². The smallest absolute Gasteiger partial charge is 0.254 e. The van der Waals surface area contributed by atoms with Gasteiger partial charge in [0.05, 0.1) is 16.8 Å². The Morgan fingerprint density at radius 2 is 1.88 bits per heavy atom. The van der Waals surface area contributed by atoms with Gasteiger partial charge in [0.1, 0.15) is 0 Å². The van der Waals surface area contributed by atoms with E-state index in [1.807, 2.05) is 53.4 Å². The summed E-state index contributed by atoms with van der Waals surface area (Å²) in [5.74, 6) is 0.0587. The van der Waals surface area contributed by atoms with E-state index in [1.165, 1.54) is 0 Å². The number of pyridine rings is 1. The van der Waals surface area contributed by atoms with Crippen molar-refractivity contribution in [2.45, 2.75) is 12.8 Å². The summed E-state index contributed by atoms with van der Waals surface area (Å²) in [7, 11) is 0. The molecule has 1 aromatic heterocycles. The second kappa shape index (κ2) is 6.77. The van der Waals surface area contributed by atoms with Crippen LogP contribution in [0.25, 0.3) is 22.2 Å². The lowest BCUT2D eigenvalue weighted by Gasteiger charge is -2.17. The van der Waals surface area contributed by atoms with E-state index >= 15 is 0 Å². The molecule has 25 heavy (non-hydrogen) atoms. The van der Waals surface area contributed by atoms with E-state index in [1.54, 1.807) is 0 Å². The van der Waals surface area contributed by atoms with Gasteiger partial charge in [0.15, 0.2) is 0 Å². The third-order valence-electron chi connectivity index (χ3n) is 4.51. The summed E-state index contributed by atoms with van der Waals surface area (Å²) in [6.07, 6.45) is 2.13. The number of benzene rings is 2. The summed E-state index contributed by atoms with van der Waals surface area (Å²) in [4.78, 5) is 19.7. The SMILES string of the molecule is O=C(c1cc(-c2cccc(Br)c2)nc2ccc(Cl)cc12)N1CCCC1. The van der Waals surface area contributed by atoms with Crippen LogP contribution < -0.4 is 0 Å². The van der Waals surface area contributed by atoms with Gasteiger partial charge in [-0.25, -0.2) is 4.98 Å². The topological polar surface area (TPSA) is 33.2 Å². The fourth-order valence-electron chi connectivity index (χ4n) is 3.26. The maximum atomic E-state index is 13.1. The van der Waals surface area contributed by atoms with Crippen molar-refractivity contribution in [3.63, 3.8) is 0 Å². The molecule has 3 nitrogen and oxygen atoms in total. The van der Waals surface area contributed by atoms with Crippen molar-refractivity contribution in [3.05, 3.63) is 63.6 Å². The number of hydrogen-bond donors (Lipinski definition) is 0. The van der Waals surface area contributed by atoms with E-state index in [0.717, 1.165) is 52.6 Å². The third-order valence-corrected chi connectivity index (χ3v) is 5.24. The molecule has 3 aromatic rings. The Balaban J connectivity index is 1.91.